The lowest BCUT2D eigenvalue weighted by Gasteiger charge is -2.14. The van der Waals surface area contributed by atoms with Gasteiger partial charge in [-0.25, -0.2) is 0 Å². The molecular formula is C8H19N2+. The number of nitrogens with one attached hydrogen (secondary N) is 1. The highest BCUT2D eigenvalue weighted by atomic mass is 14.8. The zero-order valence-electron chi connectivity index (χ0n) is 7.49. The molecule has 0 radical (unpaired) electrons. The molecule has 0 aromatic carbocycles. The smallest absolute Gasteiger partial charge is 0.237 e. The van der Waals surface area contributed by atoms with E-state index in [1.165, 1.54) is 0 Å². The maximum absolute atomic E-state index is 5.43. The zero-order valence-corrected chi connectivity index (χ0v) is 7.49. The van der Waals surface area contributed by atoms with Gasteiger partial charge in [-0.05, 0) is 11.8 Å². The Morgan fingerprint density at radius 1 is 1.40 bits per heavy atom. The minimum atomic E-state index is 0.405. The van der Waals surface area contributed by atoms with Gasteiger partial charge in [0, 0.05) is 6.92 Å². The largest absolute Gasteiger partial charge is 0.291 e. The van der Waals surface area contributed by atoms with E-state index in [-0.39, 0.29) is 0 Å². The molecule has 0 aliphatic rings. The molecule has 0 aromatic rings. The number of hydrogen-bond donors (Lipinski definition) is 2. The molecule has 0 rings (SSSR count). The van der Waals surface area contributed by atoms with Crippen LogP contribution in [0.15, 0.2) is 0 Å². The van der Waals surface area contributed by atoms with Crippen LogP contribution in [-0.2, 0) is 0 Å². The third kappa shape index (κ3) is 7.47. The van der Waals surface area contributed by atoms with Crippen molar-refractivity contribution >= 4 is 5.84 Å². The number of rotatable bonds is 2. The first-order valence-electron chi connectivity index (χ1n) is 3.75. The van der Waals surface area contributed by atoms with Gasteiger partial charge in [0.15, 0.2) is 0 Å². The molecule has 2 heteroatoms. The summed E-state index contributed by atoms with van der Waals surface area (Å²) < 4.78 is 0. The summed E-state index contributed by atoms with van der Waals surface area (Å²) in [5.41, 5.74) is 5.83. The molecule has 0 bridgehead atoms. The third-order valence-corrected chi connectivity index (χ3v) is 1.28. The predicted molar refractivity (Wildman–Crippen MR) is 44.8 cm³/mol. The van der Waals surface area contributed by atoms with E-state index in [0.29, 0.717) is 5.41 Å². The fourth-order valence-corrected chi connectivity index (χ4v) is 0.635. The molecule has 10 heavy (non-hydrogen) atoms. The topological polar surface area (TPSA) is 40.0 Å². The molecule has 0 saturated heterocycles. The maximum atomic E-state index is 5.43. The zero-order chi connectivity index (χ0) is 8.20. The highest BCUT2D eigenvalue weighted by Crippen LogP contribution is 2.15. The van der Waals surface area contributed by atoms with E-state index in [9.17, 15) is 0 Å². The molecule has 2 nitrogen and oxygen atoms in total. The van der Waals surface area contributed by atoms with E-state index >= 15 is 0 Å². The molecule has 0 fully saturated rings. The molecule has 0 heterocycles. The van der Waals surface area contributed by atoms with Crippen molar-refractivity contribution in [1.82, 2.24) is 0 Å². The van der Waals surface area contributed by atoms with Gasteiger partial charge in [0.05, 0.1) is 6.54 Å². The average Bonchev–Trinajstić information content (AvgIpc) is 1.59. The van der Waals surface area contributed by atoms with Gasteiger partial charge in [-0.3, -0.25) is 10.7 Å². The fraction of sp³-hybridized carbons (Fsp3) is 0.875. The number of amidine groups is 1. The molecule has 3 N–H and O–H groups in total. The number of nitrogens with two attached hydrogens (primary N) is 1. The lowest BCUT2D eigenvalue weighted by Crippen LogP contribution is -2.75. The summed E-state index contributed by atoms with van der Waals surface area (Å²) in [5.74, 6) is 0.809. The van der Waals surface area contributed by atoms with Crippen LogP contribution in [0, 0.1) is 5.41 Å². The lowest BCUT2D eigenvalue weighted by atomic mass is 9.92. The summed E-state index contributed by atoms with van der Waals surface area (Å²) >= 11 is 0. The molecule has 0 aliphatic carbocycles. The van der Waals surface area contributed by atoms with Crippen LogP contribution in [-0.4, -0.2) is 12.4 Å². The quantitative estimate of drug-likeness (QED) is 0.410. The summed E-state index contributed by atoms with van der Waals surface area (Å²) in [4.78, 5) is 3.10. The minimum absolute atomic E-state index is 0.405. The summed E-state index contributed by atoms with van der Waals surface area (Å²) in [6, 6.07) is 0. The van der Waals surface area contributed by atoms with Gasteiger partial charge in [-0.2, -0.15) is 0 Å². The van der Waals surface area contributed by atoms with Gasteiger partial charge in [0.25, 0.3) is 0 Å². The molecule has 0 atom stereocenters. The molecule has 60 valence electrons. The molecule has 0 aromatic heterocycles. The van der Waals surface area contributed by atoms with Gasteiger partial charge in [-0.1, -0.05) is 20.8 Å². The Morgan fingerprint density at radius 2 is 1.90 bits per heavy atom. The van der Waals surface area contributed by atoms with Gasteiger partial charge in [0.1, 0.15) is 0 Å². The Morgan fingerprint density at radius 3 is 2.20 bits per heavy atom. The number of hydrogen-bond acceptors (Lipinski definition) is 0. The maximum Gasteiger partial charge on any atom is 0.237 e. The molecule has 0 unspecified atom stereocenters. The average molecular weight is 143 g/mol. The molecular weight excluding hydrogens is 124 g/mol. The molecule has 0 aliphatic heterocycles. The Labute approximate surface area is 63.5 Å². The van der Waals surface area contributed by atoms with E-state index in [0.717, 1.165) is 18.8 Å². The highest BCUT2D eigenvalue weighted by molar-refractivity contribution is 5.70. The standard InChI is InChI=1S/C8H18N2/c1-7(9)10-6-5-8(2,3)4/h5-6H2,1-4H3,(H2,9,10)/p+1. The van der Waals surface area contributed by atoms with Crippen LogP contribution in [0.5, 0.6) is 0 Å². The molecule has 0 spiro atoms. The molecule has 0 amide bonds. The van der Waals surface area contributed by atoms with Crippen molar-refractivity contribution < 1.29 is 4.99 Å². The van der Waals surface area contributed by atoms with Gasteiger partial charge < -0.3 is 0 Å². The van der Waals surface area contributed by atoms with E-state index in [4.69, 9.17) is 5.73 Å². The highest BCUT2D eigenvalue weighted by Gasteiger charge is 2.08. The Balaban J connectivity index is 3.47. The van der Waals surface area contributed by atoms with Crippen molar-refractivity contribution in [3.05, 3.63) is 0 Å². The second-order valence-electron chi connectivity index (χ2n) is 3.92. The SMILES string of the molecule is CC(N)=[NH+]CCC(C)(C)C. The van der Waals surface area contributed by atoms with Crippen molar-refractivity contribution in [2.75, 3.05) is 6.54 Å². The van der Waals surface area contributed by atoms with Crippen molar-refractivity contribution in [2.45, 2.75) is 34.1 Å². The molecule has 0 saturated carbocycles. The first-order chi connectivity index (χ1) is 4.42. The first-order valence-corrected chi connectivity index (χ1v) is 3.75. The summed E-state index contributed by atoms with van der Waals surface area (Å²) in [6.07, 6.45) is 1.15. The summed E-state index contributed by atoms with van der Waals surface area (Å²) in [7, 11) is 0. The van der Waals surface area contributed by atoms with Crippen LogP contribution >= 0.6 is 0 Å². The third-order valence-electron chi connectivity index (χ3n) is 1.28. The van der Waals surface area contributed by atoms with E-state index < -0.39 is 0 Å². The van der Waals surface area contributed by atoms with Crippen molar-refractivity contribution in [1.29, 1.82) is 0 Å². The summed E-state index contributed by atoms with van der Waals surface area (Å²) in [5, 5.41) is 0. The fourth-order valence-electron chi connectivity index (χ4n) is 0.635. The van der Waals surface area contributed by atoms with Crippen molar-refractivity contribution in [3.8, 4) is 0 Å². The van der Waals surface area contributed by atoms with Crippen molar-refractivity contribution in [3.63, 3.8) is 0 Å². The Hall–Kier alpha value is -0.530. The second-order valence-corrected chi connectivity index (χ2v) is 3.92. The normalized spacial score (nSPS) is 13.8. The van der Waals surface area contributed by atoms with E-state index in [1.54, 1.807) is 0 Å². The Kier molecular flexibility index (Phi) is 3.40. The minimum Gasteiger partial charge on any atom is -0.291 e. The Bertz CT molecular complexity index is 116. The van der Waals surface area contributed by atoms with Crippen LogP contribution in [0.4, 0.5) is 0 Å². The van der Waals surface area contributed by atoms with Crippen LogP contribution in [0.25, 0.3) is 0 Å². The monoisotopic (exact) mass is 143 g/mol. The second kappa shape index (κ2) is 3.59. The van der Waals surface area contributed by atoms with Gasteiger partial charge >= 0.3 is 0 Å². The van der Waals surface area contributed by atoms with Gasteiger partial charge in [-0.15, -0.1) is 0 Å². The van der Waals surface area contributed by atoms with Gasteiger partial charge in [0.2, 0.25) is 5.84 Å². The first kappa shape index (κ1) is 9.47. The van der Waals surface area contributed by atoms with Crippen LogP contribution in [0.1, 0.15) is 34.1 Å². The summed E-state index contributed by atoms with van der Waals surface area (Å²) in [6.45, 7) is 9.52. The lowest BCUT2D eigenvalue weighted by molar-refractivity contribution is -0.461. The van der Waals surface area contributed by atoms with Crippen LogP contribution in [0.3, 0.4) is 0 Å². The predicted octanol–water partition coefficient (Wildman–Crippen LogP) is -0.120. The van der Waals surface area contributed by atoms with Crippen LogP contribution < -0.4 is 10.7 Å². The van der Waals surface area contributed by atoms with E-state index in [1.807, 2.05) is 6.92 Å². The van der Waals surface area contributed by atoms with E-state index in [2.05, 4.69) is 25.8 Å². The van der Waals surface area contributed by atoms with Crippen LogP contribution in [0.2, 0.25) is 0 Å². The van der Waals surface area contributed by atoms with Crippen molar-refractivity contribution in [2.24, 2.45) is 11.1 Å².